The summed E-state index contributed by atoms with van der Waals surface area (Å²) in [5, 5.41) is 5.63. The van der Waals surface area contributed by atoms with E-state index in [0.717, 1.165) is 28.2 Å². The van der Waals surface area contributed by atoms with Crippen molar-refractivity contribution in [2.75, 3.05) is 13.7 Å². The third kappa shape index (κ3) is 2.09. The molecule has 0 bridgehead atoms. The number of rotatable bonds is 4. The molecule has 0 saturated carbocycles. The molecule has 2 aromatic carbocycles. The lowest BCUT2D eigenvalue weighted by molar-refractivity contribution is 0.320. The molecule has 0 aliphatic heterocycles. The van der Waals surface area contributed by atoms with Gasteiger partial charge < -0.3 is 9.47 Å². The first-order valence-corrected chi connectivity index (χ1v) is 6.58. The van der Waals surface area contributed by atoms with E-state index in [1.807, 2.05) is 60.1 Å². The fraction of sp³-hybridized carbons (Fsp3) is 0.188. The van der Waals surface area contributed by atoms with Crippen molar-refractivity contribution < 1.29 is 9.47 Å². The number of ether oxygens (including phenoxy) is 2. The maximum absolute atomic E-state index is 5.77. The van der Waals surface area contributed by atoms with Gasteiger partial charge in [-0.05, 0) is 43.3 Å². The van der Waals surface area contributed by atoms with Crippen LogP contribution in [0.4, 0.5) is 0 Å². The zero-order valence-corrected chi connectivity index (χ0v) is 11.5. The first-order valence-electron chi connectivity index (χ1n) is 6.58. The Hall–Kier alpha value is -2.49. The van der Waals surface area contributed by atoms with Gasteiger partial charge >= 0.3 is 0 Å². The number of benzene rings is 2. The maximum Gasteiger partial charge on any atom is 0.224 e. The lowest BCUT2D eigenvalue weighted by Gasteiger charge is -2.08. The van der Waals surface area contributed by atoms with Gasteiger partial charge in [-0.25, -0.2) is 0 Å². The highest BCUT2D eigenvalue weighted by Gasteiger charge is 2.13. The minimum atomic E-state index is 0.603. The first-order chi connectivity index (χ1) is 9.83. The molecule has 0 spiro atoms. The van der Waals surface area contributed by atoms with E-state index in [-0.39, 0.29) is 0 Å². The fourth-order valence-corrected chi connectivity index (χ4v) is 2.18. The number of hydrogen-bond acceptors (Lipinski definition) is 3. The Morgan fingerprint density at radius 3 is 2.50 bits per heavy atom. The lowest BCUT2D eigenvalue weighted by atomic mass is 10.2. The summed E-state index contributed by atoms with van der Waals surface area (Å²) in [7, 11) is 1.66. The molecule has 4 nitrogen and oxygen atoms in total. The Morgan fingerprint density at radius 2 is 1.80 bits per heavy atom. The number of hydrogen-bond donors (Lipinski definition) is 0. The molecule has 0 aliphatic carbocycles. The molecular formula is C16H16N2O2. The van der Waals surface area contributed by atoms with Crippen LogP contribution in [0.5, 0.6) is 11.6 Å². The van der Waals surface area contributed by atoms with E-state index in [1.54, 1.807) is 7.11 Å². The summed E-state index contributed by atoms with van der Waals surface area (Å²) in [6.45, 7) is 2.58. The van der Waals surface area contributed by atoms with Gasteiger partial charge in [-0.3, -0.25) is 0 Å². The van der Waals surface area contributed by atoms with E-state index in [0.29, 0.717) is 6.61 Å². The van der Waals surface area contributed by atoms with Gasteiger partial charge in [0, 0.05) is 0 Å². The average Bonchev–Trinajstić information content (AvgIpc) is 2.87. The van der Waals surface area contributed by atoms with E-state index in [2.05, 4.69) is 5.10 Å². The van der Waals surface area contributed by atoms with Crippen LogP contribution in [0.25, 0.3) is 16.6 Å². The Morgan fingerprint density at radius 1 is 1.05 bits per heavy atom. The Balaban J connectivity index is 2.15. The standard InChI is InChI=1S/C16H16N2O2/c1-3-20-16-14-6-4-5-7-15(14)17-18(16)12-8-10-13(19-2)11-9-12/h4-11H,3H2,1-2H3. The first kappa shape index (κ1) is 12.5. The SMILES string of the molecule is CCOc1c2ccccc2nn1-c1ccc(OC)cc1. The van der Waals surface area contributed by atoms with Gasteiger partial charge in [-0.1, -0.05) is 12.1 Å². The number of aromatic nitrogens is 2. The summed E-state index contributed by atoms with van der Waals surface area (Å²) in [5.41, 5.74) is 1.87. The molecule has 0 fully saturated rings. The average molecular weight is 268 g/mol. The monoisotopic (exact) mass is 268 g/mol. The Bertz CT molecular complexity index is 717. The molecule has 4 heteroatoms. The van der Waals surface area contributed by atoms with Crippen molar-refractivity contribution in [1.29, 1.82) is 0 Å². The molecule has 3 rings (SSSR count). The molecule has 0 atom stereocenters. The normalized spacial score (nSPS) is 10.7. The molecule has 3 aromatic rings. The molecule has 0 amide bonds. The molecule has 1 aromatic heterocycles. The zero-order chi connectivity index (χ0) is 13.9. The lowest BCUT2D eigenvalue weighted by Crippen LogP contribution is -2.02. The van der Waals surface area contributed by atoms with E-state index in [9.17, 15) is 0 Å². The van der Waals surface area contributed by atoms with Crippen LogP contribution in [0.2, 0.25) is 0 Å². The van der Waals surface area contributed by atoms with Gasteiger partial charge in [0.1, 0.15) is 5.75 Å². The molecule has 0 radical (unpaired) electrons. The van der Waals surface area contributed by atoms with E-state index in [4.69, 9.17) is 9.47 Å². The topological polar surface area (TPSA) is 36.3 Å². The van der Waals surface area contributed by atoms with Gasteiger partial charge in [0.2, 0.25) is 5.88 Å². The summed E-state index contributed by atoms with van der Waals surface area (Å²) < 4.78 is 12.8. The number of nitrogens with zero attached hydrogens (tertiary/aromatic N) is 2. The summed E-state index contributed by atoms with van der Waals surface area (Å²) in [6.07, 6.45) is 0. The minimum absolute atomic E-state index is 0.603. The molecular weight excluding hydrogens is 252 g/mol. The van der Waals surface area contributed by atoms with Crippen molar-refractivity contribution in [2.45, 2.75) is 6.92 Å². The predicted octanol–water partition coefficient (Wildman–Crippen LogP) is 3.43. The molecule has 102 valence electrons. The predicted molar refractivity (Wildman–Crippen MR) is 78.8 cm³/mol. The van der Waals surface area contributed by atoms with Crippen molar-refractivity contribution in [3.63, 3.8) is 0 Å². The smallest absolute Gasteiger partial charge is 0.224 e. The quantitative estimate of drug-likeness (QED) is 0.727. The fourth-order valence-electron chi connectivity index (χ4n) is 2.18. The third-order valence-corrected chi connectivity index (χ3v) is 3.13. The van der Waals surface area contributed by atoms with Crippen LogP contribution < -0.4 is 9.47 Å². The van der Waals surface area contributed by atoms with Crippen LogP contribution in [0.3, 0.4) is 0 Å². The van der Waals surface area contributed by atoms with Crippen molar-refractivity contribution >= 4 is 10.9 Å². The van der Waals surface area contributed by atoms with E-state index < -0.39 is 0 Å². The van der Waals surface area contributed by atoms with Crippen molar-refractivity contribution in [3.8, 4) is 17.3 Å². The van der Waals surface area contributed by atoms with E-state index >= 15 is 0 Å². The van der Waals surface area contributed by atoms with E-state index in [1.165, 1.54) is 0 Å². The van der Waals surface area contributed by atoms with Crippen LogP contribution >= 0.6 is 0 Å². The number of fused-ring (bicyclic) bond motifs is 1. The summed E-state index contributed by atoms with van der Waals surface area (Å²) in [6, 6.07) is 15.7. The Kier molecular flexibility index (Phi) is 3.29. The molecule has 1 heterocycles. The third-order valence-electron chi connectivity index (χ3n) is 3.13. The van der Waals surface area contributed by atoms with Gasteiger partial charge in [0.25, 0.3) is 0 Å². The van der Waals surface area contributed by atoms with Crippen molar-refractivity contribution in [1.82, 2.24) is 9.78 Å². The zero-order valence-electron chi connectivity index (χ0n) is 11.5. The summed E-state index contributed by atoms with van der Waals surface area (Å²) in [4.78, 5) is 0. The maximum atomic E-state index is 5.77. The van der Waals surface area contributed by atoms with Gasteiger partial charge in [0.05, 0.1) is 30.3 Å². The Labute approximate surface area is 117 Å². The van der Waals surface area contributed by atoms with Gasteiger partial charge in [0.15, 0.2) is 0 Å². The second-order valence-corrected chi connectivity index (χ2v) is 4.37. The molecule has 0 N–H and O–H groups in total. The largest absolute Gasteiger partial charge is 0.497 e. The van der Waals surface area contributed by atoms with Gasteiger partial charge in [-0.2, -0.15) is 9.78 Å². The number of methoxy groups -OCH3 is 1. The van der Waals surface area contributed by atoms with Crippen LogP contribution in [0.15, 0.2) is 48.5 Å². The highest BCUT2D eigenvalue weighted by Crippen LogP contribution is 2.29. The second-order valence-electron chi connectivity index (χ2n) is 4.37. The molecule has 0 saturated heterocycles. The molecule has 20 heavy (non-hydrogen) atoms. The highest BCUT2D eigenvalue weighted by atomic mass is 16.5. The van der Waals surface area contributed by atoms with Crippen LogP contribution in [0, 0.1) is 0 Å². The second kappa shape index (κ2) is 5.25. The minimum Gasteiger partial charge on any atom is -0.497 e. The molecule has 0 aliphatic rings. The van der Waals surface area contributed by atoms with Crippen molar-refractivity contribution in [3.05, 3.63) is 48.5 Å². The van der Waals surface area contributed by atoms with Crippen LogP contribution in [-0.4, -0.2) is 23.5 Å². The van der Waals surface area contributed by atoms with Crippen LogP contribution in [0.1, 0.15) is 6.92 Å². The molecule has 0 unspecified atom stereocenters. The van der Waals surface area contributed by atoms with Gasteiger partial charge in [-0.15, -0.1) is 0 Å². The van der Waals surface area contributed by atoms with Crippen molar-refractivity contribution in [2.24, 2.45) is 0 Å². The summed E-state index contributed by atoms with van der Waals surface area (Å²) in [5.74, 6) is 1.59. The summed E-state index contributed by atoms with van der Waals surface area (Å²) >= 11 is 0. The van der Waals surface area contributed by atoms with Crippen LogP contribution in [-0.2, 0) is 0 Å². The highest BCUT2D eigenvalue weighted by molar-refractivity contribution is 5.85.